The second-order valence-electron chi connectivity index (χ2n) is 5.86. The molecule has 2 aromatic heterocycles. The number of rotatable bonds is 2. The van der Waals surface area contributed by atoms with Crippen LogP contribution in [-0.4, -0.2) is 50.5 Å². The van der Waals surface area contributed by atoms with Crippen molar-refractivity contribution < 1.29 is 9.59 Å². The van der Waals surface area contributed by atoms with Gasteiger partial charge in [0.2, 0.25) is 0 Å². The maximum Gasteiger partial charge on any atom is 0.344 e. The predicted molar refractivity (Wildman–Crippen MR) is 85.3 cm³/mol. The lowest BCUT2D eigenvalue weighted by atomic mass is 9.96. The number of hydrogen-bond acceptors (Lipinski definition) is 4. The first-order chi connectivity index (χ1) is 10.9. The lowest BCUT2D eigenvalue weighted by molar-refractivity contribution is 0.0927. The van der Waals surface area contributed by atoms with Gasteiger partial charge < -0.3 is 4.90 Å². The molecular weight excluding hydrogens is 294 g/mol. The summed E-state index contributed by atoms with van der Waals surface area (Å²) < 4.78 is 2.75. The zero-order valence-electron chi connectivity index (χ0n) is 13.7. The van der Waals surface area contributed by atoms with E-state index in [0.29, 0.717) is 12.8 Å². The summed E-state index contributed by atoms with van der Waals surface area (Å²) in [5.41, 5.74) is 4.36. The van der Waals surface area contributed by atoms with Gasteiger partial charge in [-0.15, -0.1) is 0 Å². The van der Waals surface area contributed by atoms with Gasteiger partial charge in [-0.1, -0.05) is 12.5 Å². The molecule has 0 radical (unpaired) electrons. The first-order valence-electron chi connectivity index (χ1n) is 7.51. The average Bonchev–Trinajstić information content (AvgIpc) is 3.13. The van der Waals surface area contributed by atoms with Gasteiger partial charge in [-0.2, -0.15) is 14.9 Å². The molecular formula is C16H19N5O2. The van der Waals surface area contributed by atoms with Crippen molar-refractivity contribution in [3.63, 3.8) is 0 Å². The number of fused-ring (bicyclic) bond motifs is 1. The van der Waals surface area contributed by atoms with E-state index in [4.69, 9.17) is 0 Å². The van der Waals surface area contributed by atoms with Gasteiger partial charge in [-0.05, 0) is 13.3 Å². The van der Waals surface area contributed by atoms with Crippen molar-refractivity contribution in [1.29, 1.82) is 0 Å². The van der Waals surface area contributed by atoms with E-state index in [9.17, 15) is 9.59 Å². The Morgan fingerprint density at radius 3 is 2.70 bits per heavy atom. The van der Waals surface area contributed by atoms with E-state index < -0.39 is 0 Å². The number of hydrogen-bond donors (Lipinski definition) is 0. The number of nitrogens with zero attached hydrogens (tertiary/aromatic N) is 5. The molecule has 1 amide bonds. The fourth-order valence-corrected chi connectivity index (χ4v) is 2.85. The number of aromatic nitrogens is 4. The molecule has 0 saturated carbocycles. The van der Waals surface area contributed by atoms with Crippen LogP contribution in [-0.2, 0) is 6.42 Å². The van der Waals surface area contributed by atoms with E-state index in [0.717, 1.165) is 28.0 Å². The van der Waals surface area contributed by atoms with Crippen LogP contribution in [0.15, 0.2) is 29.7 Å². The Kier molecular flexibility index (Phi) is 3.63. The van der Waals surface area contributed by atoms with Crippen LogP contribution in [0.3, 0.4) is 0 Å². The van der Waals surface area contributed by atoms with E-state index in [1.807, 2.05) is 13.8 Å². The van der Waals surface area contributed by atoms with Gasteiger partial charge in [-0.25, -0.2) is 9.48 Å². The molecule has 23 heavy (non-hydrogen) atoms. The van der Waals surface area contributed by atoms with Crippen LogP contribution < -0.4 is 0 Å². The first kappa shape index (κ1) is 15.2. The molecule has 0 N–H and O–H groups in total. The molecule has 7 nitrogen and oxygen atoms in total. The second kappa shape index (κ2) is 5.49. The Bertz CT molecular complexity index is 825. The lowest BCUT2D eigenvalue weighted by Crippen LogP contribution is -2.27. The third kappa shape index (κ3) is 2.38. The highest BCUT2D eigenvalue weighted by Crippen LogP contribution is 2.30. The van der Waals surface area contributed by atoms with Gasteiger partial charge in [0.1, 0.15) is 0 Å². The highest BCUT2D eigenvalue weighted by Gasteiger charge is 2.26. The molecule has 0 bridgehead atoms. The summed E-state index contributed by atoms with van der Waals surface area (Å²) in [4.78, 5) is 25.9. The van der Waals surface area contributed by atoms with Gasteiger partial charge in [0.05, 0.1) is 18.1 Å². The van der Waals surface area contributed by atoms with Crippen molar-refractivity contribution >= 4 is 11.9 Å². The third-order valence-electron chi connectivity index (χ3n) is 4.09. The molecule has 1 aliphatic heterocycles. The summed E-state index contributed by atoms with van der Waals surface area (Å²) in [6, 6.07) is -0.224. The number of carbonyl (C=O) groups excluding carboxylic acids is 2. The van der Waals surface area contributed by atoms with E-state index in [1.54, 1.807) is 32.7 Å². The van der Waals surface area contributed by atoms with Crippen LogP contribution in [0.25, 0.3) is 11.1 Å². The van der Waals surface area contributed by atoms with Crippen molar-refractivity contribution in [2.75, 3.05) is 14.1 Å². The van der Waals surface area contributed by atoms with Gasteiger partial charge in [0.25, 0.3) is 5.91 Å². The van der Waals surface area contributed by atoms with Crippen LogP contribution in [0.1, 0.15) is 30.8 Å². The molecule has 0 aromatic carbocycles. The van der Waals surface area contributed by atoms with Crippen molar-refractivity contribution in [3.05, 3.63) is 35.4 Å². The molecule has 7 heteroatoms. The molecule has 2 aromatic rings. The van der Waals surface area contributed by atoms with Crippen LogP contribution >= 0.6 is 0 Å². The Hall–Kier alpha value is -2.70. The standard InChI is InChI=1S/C16H19N5O2/c1-5-12-10(2)6-14-13(8-18-21(14)15(12)22)11-7-17-20(9-11)16(23)19(3)4/h7-9H,5-6H2,1-4H3. The summed E-state index contributed by atoms with van der Waals surface area (Å²) >= 11 is 0. The maximum atomic E-state index is 12.5. The molecule has 0 atom stereocenters. The minimum Gasteiger partial charge on any atom is -0.329 e. The van der Waals surface area contributed by atoms with Gasteiger partial charge in [0, 0.05) is 43.4 Å². The fraction of sp³-hybridized carbons (Fsp3) is 0.375. The minimum atomic E-state index is -0.224. The highest BCUT2D eigenvalue weighted by atomic mass is 16.2. The molecule has 0 aliphatic carbocycles. The molecule has 1 aliphatic rings. The van der Waals surface area contributed by atoms with Crippen molar-refractivity contribution in [2.45, 2.75) is 26.7 Å². The lowest BCUT2D eigenvalue weighted by Gasteiger charge is -2.18. The molecule has 0 saturated heterocycles. The average molecular weight is 313 g/mol. The van der Waals surface area contributed by atoms with Crippen LogP contribution in [0.5, 0.6) is 0 Å². The normalized spacial score (nSPS) is 14.2. The first-order valence-corrected chi connectivity index (χ1v) is 7.51. The summed E-state index contributed by atoms with van der Waals surface area (Å²) in [6.45, 7) is 3.96. The van der Waals surface area contributed by atoms with Crippen molar-refractivity contribution in [1.82, 2.24) is 24.5 Å². The van der Waals surface area contributed by atoms with Gasteiger partial charge >= 0.3 is 6.03 Å². The molecule has 0 fully saturated rings. The van der Waals surface area contributed by atoms with Gasteiger partial charge in [-0.3, -0.25) is 4.79 Å². The molecule has 3 rings (SSSR count). The molecule has 0 spiro atoms. The summed E-state index contributed by atoms with van der Waals surface area (Å²) in [7, 11) is 3.34. The Balaban J connectivity index is 2.01. The largest absolute Gasteiger partial charge is 0.344 e. The summed E-state index contributed by atoms with van der Waals surface area (Å²) in [5.74, 6) is -0.0609. The van der Waals surface area contributed by atoms with Gasteiger partial charge in [0.15, 0.2) is 0 Å². The van der Waals surface area contributed by atoms with E-state index in [-0.39, 0.29) is 11.9 Å². The van der Waals surface area contributed by atoms with E-state index >= 15 is 0 Å². The van der Waals surface area contributed by atoms with Crippen LogP contribution in [0.2, 0.25) is 0 Å². The maximum absolute atomic E-state index is 12.5. The Labute approximate surface area is 134 Å². The Morgan fingerprint density at radius 1 is 1.30 bits per heavy atom. The van der Waals surface area contributed by atoms with Crippen molar-refractivity contribution in [2.24, 2.45) is 0 Å². The number of carbonyl (C=O) groups is 2. The third-order valence-corrected chi connectivity index (χ3v) is 4.09. The SMILES string of the molecule is CCC1=C(C)Cc2c(-c3cnn(C(=O)N(C)C)c3)cnn2C1=O. The molecule has 0 unspecified atom stereocenters. The zero-order valence-corrected chi connectivity index (χ0v) is 13.7. The topological polar surface area (TPSA) is 73.0 Å². The second-order valence-corrected chi connectivity index (χ2v) is 5.86. The Morgan fingerprint density at radius 2 is 2.04 bits per heavy atom. The summed E-state index contributed by atoms with van der Waals surface area (Å²) in [6.07, 6.45) is 6.34. The quantitative estimate of drug-likeness (QED) is 0.852. The van der Waals surface area contributed by atoms with Crippen LogP contribution in [0.4, 0.5) is 4.79 Å². The van der Waals surface area contributed by atoms with Crippen molar-refractivity contribution in [3.8, 4) is 11.1 Å². The fourth-order valence-electron chi connectivity index (χ4n) is 2.85. The zero-order chi connectivity index (χ0) is 16.7. The molecule has 120 valence electrons. The van der Waals surface area contributed by atoms with Crippen LogP contribution in [0, 0.1) is 0 Å². The highest BCUT2D eigenvalue weighted by molar-refractivity contribution is 5.98. The smallest absolute Gasteiger partial charge is 0.329 e. The number of amides is 1. The monoisotopic (exact) mass is 313 g/mol. The van der Waals surface area contributed by atoms with E-state index in [1.165, 1.54) is 14.3 Å². The molecule has 3 heterocycles. The van der Waals surface area contributed by atoms with E-state index in [2.05, 4.69) is 10.2 Å². The predicted octanol–water partition coefficient (Wildman–Crippen LogP) is 2.20. The number of allylic oxidation sites excluding steroid dienone is 2. The minimum absolute atomic E-state index is 0.0609. The summed E-state index contributed by atoms with van der Waals surface area (Å²) in [5, 5.41) is 8.34.